The summed E-state index contributed by atoms with van der Waals surface area (Å²) in [6.45, 7) is 6.21. The van der Waals surface area contributed by atoms with Crippen molar-refractivity contribution in [3.63, 3.8) is 0 Å². The van der Waals surface area contributed by atoms with Crippen molar-refractivity contribution in [3.8, 4) is 0 Å². The van der Waals surface area contributed by atoms with E-state index in [4.69, 9.17) is 4.74 Å². The summed E-state index contributed by atoms with van der Waals surface area (Å²) in [6.07, 6.45) is 8.67. The minimum absolute atomic E-state index is 0.0895. The van der Waals surface area contributed by atoms with Gasteiger partial charge in [0, 0.05) is 12.1 Å². The fourth-order valence-electron chi connectivity index (χ4n) is 2.73. The molecular formula is C14H29NO2. The Hall–Kier alpha value is -0.120. The molecule has 0 aromatic rings. The first-order chi connectivity index (χ1) is 8.26. The topological polar surface area (TPSA) is 41.5 Å². The van der Waals surface area contributed by atoms with Crippen molar-refractivity contribution in [3.05, 3.63) is 0 Å². The van der Waals surface area contributed by atoms with Crippen molar-refractivity contribution in [2.75, 3.05) is 19.8 Å². The molecule has 17 heavy (non-hydrogen) atoms. The highest BCUT2D eigenvalue weighted by Gasteiger charge is 2.25. The summed E-state index contributed by atoms with van der Waals surface area (Å²) in [7, 11) is 0. The fourth-order valence-corrected chi connectivity index (χ4v) is 2.73. The maximum Gasteiger partial charge on any atom is 0.0613 e. The van der Waals surface area contributed by atoms with E-state index in [0.717, 1.165) is 32.4 Å². The number of hydrogen-bond acceptors (Lipinski definition) is 3. The zero-order valence-electron chi connectivity index (χ0n) is 11.5. The Kier molecular flexibility index (Phi) is 7.09. The van der Waals surface area contributed by atoms with Gasteiger partial charge in [-0.05, 0) is 38.6 Å². The maximum absolute atomic E-state index is 9.52. The molecule has 0 bridgehead atoms. The van der Waals surface area contributed by atoms with Crippen molar-refractivity contribution < 1.29 is 9.84 Å². The minimum Gasteiger partial charge on any atom is -0.394 e. The largest absolute Gasteiger partial charge is 0.394 e. The average molecular weight is 243 g/mol. The highest BCUT2D eigenvalue weighted by molar-refractivity contribution is 4.85. The maximum atomic E-state index is 9.52. The van der Waals surface area contributed by atoms with E-state index in [1.807, 2.05) is 0 Å². The van der Waals surface area contributed by atoms with Crippen LogP contribution in [-0.2, 0) is 4.74 Å². The lowest BCUT2D eigenvalue weighted by atomic mass is 9.91. The number of nitrogens with one attached hydrogen (secondary N) is 1. The summed E-state index contributed by atoms with van der Waals surface area (Å²) < 4.78 is 5.86. The normalized spacial score (nSPS) is 20.6. The molecule has 3 nitrogen and oxygen atoms in total. The van der Waals surface area contributed by atoms with Crippen LogP contribution in [0, 0.1) is 0 Å². The Bertz CT molecular complexity index is 187. The lowest BCUT2D eigenvalue weighted by Crippen LogP contribution is -2.48. The summed E-state index contributed by atoms with van der Waals surface area (Å²) in [5, 5.41) is 12.9. The van der Waals surface area contributed by atoms with Gasteiger partial charge in [0.1, 0.15) is 0 Å². The van der Waals surface area contributed by atoms with E-state index in [0.29, 0.717) is 6.10 Å². The fraction of sp³-hybridized carbons (Fsp3) is 1.00. The average Bonchev–Trinajstić information content (AvgIpc) is 2.86. The van der Waals surface area contributed by atoms with Gasteiger partial charge >= 0.3 is 0 Å². The van der Waals surface area contributed by atoms with E-state index >= 15 is 0 Å². The van der Waals surface area contributed by atoms with Crippen LogP contribution in [0.5, 0.6) is 0 Å². The lowest BCUT2D eigenvalue weighted by molar-refractivity contribution is 0.0473. The highest BCUT2D eigenvalue weighted by Crippen LogP contribution is 2.22. The third-order valence-electron chi connectivity index (χ3n) is 3.99. The van der Waals surface area contributed by atoms with Gasteiger partial charge in [-0.2, -0.15) is 0 Å². The quantitative estimate of drug-likeness (QED) is 0.611. The predicted molar refractivity (Wildman–Crippen MR) is 71.2 cm³/mol. The third kappa shape index (κ3) is 4.94. The number of aliphatic hydroxyl groups is 1. The number of aliphatic hydroxyl groups excluding tert-OH is 1. The van der Waals surface area contributed by atoms with E-state index < -0.39 is 0 Å². The first-order valence-corrected chi connectivity index (χ1v) is 7.24. The van der Waals surface area contributed by atoms with Crippen molar-refractivity contribution in [2.24, 2.45) is 0 Å². The van der Waals surface area contributed by atoms with Crippen molar-refractivity contribution in [1.82, 2.24) is 5.32 Å². The first kappa shape index (κ1) is 14.9. The summed E-state index contributed by atoms with van der Waals surface area (Å²) >= 11 is 0. The molecule has 1 atom stereocenters. The van der Waals surface area contributed by atoms with Gasteiger partial charge < -0.3 is 15.2 Å². The zero-order valence-corrected chi connectivity index (χ0v) is 11.5. The van der Waals surface area contributed by atoms with Gasteiger partial charge in [-0.3, -0.25) is 0 Å². The highest BCUT2D eigenvalue weighted by atomic mass is 16.5. The SMILES string of the molecule is CCNC(CC)(CO)CCCOC1CCCC1. The molecular weight excluding hydrogens is 214 g/mol. The smallest absolute Gasteiger partial charge is 0.0613 e. The molecule has 1 saturated carbocycles. The van der Waals surface area contributed by atoms with Crippen LogP contribution in [0.4, 0.5) is 0 Å². The Morgan fingerprint density at radius 3 is 2.53 bits per heavy atom. The van der Waals surface area contributed by atoms with Crippen molar-refractivity contribution >= 4 is 0 Å². The zero-order chi connectivity index (χ0) is 12.6. The molecule has 0 heterocycles. The van der Waals surface area contributed by atoms with Gasteiger partial charge in [0.2, 0.25) is 0 Å². The van der Waals surface area contributed by atoms with Crippen molar-refractivity contribution in [1.29, 1.82) is 0 Å². The molecule has 0 saturated heterocycles. The Labute approximate surface area is 106 Å². The second-order valence-electron chi connectivity index (χ2n) is 5.20. The van der Waals surface area contributed by atoms with Crippen LogP contribution in [0.1, 0.15) is 58.8 Å². The summed E-state index contributed by atoms with van der Waals surface area (Å²) in [6, 6.07) is 0. The van der Waals surface area contributed by atoms with Crippen LogP contribution in [0.3, 0.4) is 0 Å². The Balaban J connectivity index is 2.17. The molecule has 102 valence electrons. The molecule has 1 fully saturated rings. The molecule has 1 aliphatic carbocycles. The molecule has 0 amide bonds. The Morgan fingerprint density at radius 1 is 1.29 bits per heavy atom. The molecule has 1 unspecified atom stereocenters. The summed E-state index contributed by atoms with van der Waals surface area (Å²) in [5.41, 5.74) is -0.0895. The van der Waals surface area contributed by atoms with Gasteiger partial charge in [-0.1, -0.05) is 26.7 Å². The van der Waals surface area contributed by atoms with Gasteiger partial charge in [0.25, 0.3) is 0 Å². The van der Waals surface area contributed by atoms with Gasteiger partial charge in [-0.25, -0.2) is 0 Å². The van der Waals surface area contributed by atoms with Gasteiger partial charge in [0.05, 0.1) is 12.7 Å². The molecule has 2 N–H and O–H groups in total. The summed E-state index contributed by atoms with van der Waals surface area (Å²) in [5.74, 6) is 0. The molecule has 0 aromatic heterocycles. The van der Waals surface area contributed by atoms with E-state index in [-0.39, 0.29) is 12.1 Å². The number of ether oxygens (including phenoxy) is 1. The third-order valence-corrected chi connectivity index (χ3v) is 3.99. The molecule has 1 aliphatic rings. The van der Waals surface area contributed by atoms with E-state index in [1.54, 1.807) is 0 Å². The molecule has 0 radical (unpaired) electrons. The standard InChI is InChI=1S/C14H29NO2/c1-3-14(12-16,15-4-2)10-7-11-17-13-8-5-6-9-13/h13,15-16H,3-12H2,1-2H3. The Morgan fingerprint density at radius 2 is 2.00 bits per heavy atom. The molecule has 3 heteroatoms. The van der Waals surface area contributed by atoms with Gasteiger partial charge in [0.15, 0.2) is 0 Å². The number of likely N-dealkylation sites (N-methyl/N-ethyl adjacent to an activating group) is 1. The van der Waals surface area contributed by atoms with Crippen LogP contribution in [0.15, 0.2) is 0 Å². The molecule has 0 aromatic carbocycles. The number of hydrogen-bond donors (Lipinski definition) is 2. The molecule has 1 rings (SSSR count). The van der Waals surface area contributed by atoms with E-state index in [9.17, 15) is 5.11 Å². The van der Waals surface area contributed by atoms with Gasteiger partial charge in [-0.15, -0.1) is 0 Å². The lowest BCUT2D eigenvalue weighted by Gasteiger charge is -2.32. The van der Waals surface area contributed by atoms with Crippen LogP contribution < -0.4 is 5.32 Å². The van der Waals surface area contributed by atoms with Crippen LogP contribution in [0.25, 0.3) is 0 Å². The second kappa shape index (κ2) is 8.06. The first-order valence-electron chi connectivity index (χ1n) is 7.24. The molecule has 0 spiro atoms. The summed E-state index contributed by atoms with van der Waals surface area (Å²) in [4.78, 5) is 0. The minimum atomic E-state index is -0.0895. The van der Waals surface area contributed by atoms with Crippen LogP contribution in [0.2, 0.25) is 0 Å². The monoisotopic (exact) mass is 243 g/mol. The van der Waals surface area contributed by atoms with E-state index in [2.05, 4.69) is 19.2 Å². The van der Waals surface area contributed by atoms with Crippen molar-refractivity contribution in [2.45, 2.75) is 70.4 Å². The van der Waals surface area contributed by atoms with E-state index in [1.165, 1.54) is 25.7 Å². The number of rotatable bonds is 9. The van der Waals surface area contributed by atoms with Crippen LogP contribution in [-0.4, -0.2) is 36.5 Å². The second-order valence-corrected chi connectivity index (χ2v) is 5.20. The predicted octanol–water partition coefficient (Wildman–Crippen LogP) is 2.48. The molecule has 0 aliphatic heterocycles. The van der Waals surface area contributed by atoms with Crippen LogP contribution >= 0.6 is 0 Å².